The molecule has 7 heteroatoms. The van der Waals surface area contributed by atoms with E-state index in [0.29, 0.717) is 31.1 Å². The van der Waals surface area contributed by atoms with Gasteiger partial charge in [-0.15, -0.1) is 0 Å². The van der Waals surface area contributed by atoms with Gasteiger partial charge in [0.15, 0.2) is 0 Å². The lowest BCUT2D eigenvalue weighted by molar-refractivity contribution is -0.132. The molecular formula is C18H21N3O4. The van der Waals surface area contributed by atoms with Crippen molar-refractivity contribution in [3.05, 3.63) is 57.3 Å². The molecule has 0 fully saturated rings. The van der Waals surface area contributed by atoms with Crippen LogP contribution in [0.5, 0.6) is 5.75 Å². The Morgan fingerprint density at radius 1 is 1.32 bits per heavy atom. The molecule has 2 heterocycles. The van der Waals surface area contributed by atoms with Crippen molar-refractivity contribution < 1.29 is 14.6 Å². The Hall–Kier alpha value is -2.67. The second-order valence-corrected chi connectivity index (χ2v) is 6.17. The monoisotopic (exact) mass is 343 g/mol. The summed E-state index contributed by atoms with van der Waals surface area (Å²) in [5.74, 6) is 0.555. The fraction of sp³-hybridized carbons (Fsp3) is 0.389. The summed E-state index contributed by atoms with van der Waals surface area (Å²) in [5.41, 5.74) is 2.55. The maximum Gasteiger partial charge on any atom is 0.348 e. The summed E-state index contributed by atoms with van der Waals surface area (Å²) in [5, 5.41) is 9.30. The molecule has 0 bridgehead atoms. The average molecular weight is 343 g/mol. The highest BCUT2D eigenvalue weighted by Gasteiger charge is 2.21. The Morgan fingerprint density at radius 3 is 2.84 bits per heavy atom. The van der Waals surface area contributed by atoms with E-state index in [9.17, 15) is 14.7 Å². The molecule has 3 rings (SSSR count). The maximum atomic E-state index is 12.7. The smallest absolute Gasteiger partial charge is 0.348 e. The van der Waals surface area contributed by atoms with E-state index in [2.05, 4.69) is 4.98 Å². The van der Waals surface area contributed by atoms with Crippen LogP contribution in [-0.2, 0) is 24.5 Å². The molecule has 1 N–H and O–H groups in total. The lowest BCUT2D eigenvalue weighted by Gasteiger charge is -2.21. The summed E-state index contributed by atoms with van der Waals surface area (Å²) in [4.78, 5) is 30.3. The van der Waals surface area contributed by atoms with Crippen LogP contribution in [0.1, 0.15) is 22.5 Å². The fourth-order valence-corrected chi connectivity index (χ4v) is 2.96. The van der Waals surface area contributed by atoms with Crippen LogP contribution in [0, 0.1) is 13.8 Å². The molecule has 2 aromatic rings. The number of carbonyl (C=O) groups is 1. The number of fused-ring (bicyclic) bond motifs is 1. The minimum atomic E-state index is -0.417. The van der Waals surface area contributed by atoms with Gasteiger partial charge in [-0.3, -0.25) is 9.36 Å². The lowest BCUT2D eigenvalue weighted by atomic mass is 10.1. The highest BCUT2D eigenvalue weighted by Crippen LogP contribution is 2.24. The van der Waals surface area contributed by atoms with Crippen LogP contribution in [0.15, 0.2) is 29.1 Å². The second kappa shape index (κ2) is 7.06. The first-order chi connectivity index (χ1) is 12.0. The number of carbonyl (C=O) groups excluding carboxylic acids is 1. The average Bonchev–Trinajstić information content (AvgIpc) is 2.79. The summed E-state index contributed by atoms with van der Waals surface area (Å²) in [6, 6.07) is 7.24. The number of benzene rings is 1. The third kappa shape index (κ3) is 3.71. The zero-order chi connectivity index (χ0) is 18.0. The van der Waals surface area contributed by atoms with E-state index >= 15 is 0 Å². The molecule has 0 saturated carbocycles. The number of aliphatic hydroxyl groups excluding tert-OH is 1. The molecule has 1 amide bonds. The molecule has 0 radical (unpaired) electrons. The normalized spacial score (nSPS) is 13.8. The van der Waals surface area contributed by atoms with E-state index in [1.54, 1.807) is 30.9 Å². The van der Waals surface area contributed by atoms with Gasteiger partial charge < -0.3 is 14.7 Å². The van der Waals surface area contributed by atoms with E-state index in [0.717, 1.165) is 16.9 Å². The molecule has 25 heavy (non-hydrogen) atoms. The number of amides is 1. The lowest BCUT2D eigenvalue weighted by Crippen LogP contribution is -2.38. The van der Waals surface area contributed by atoms with Crippen LogP contribution in [0.2, 0.25) is 0 Å². The fourth-order valence-electron chi connectivity index (χ4n) is 2.96. The van der Waals surface area contributed by atoms with Crippen molar-refractivity contribution >= 4 is 5.91 Å². The molecule has 1 aromatic heterocycles. The number of nitrogens with zero attached hydrogens (tertiary/aromatic N) is 3. The minimum Gasteiger partial charge on any atom is -0.491 e. The zero-order valence-electron chi connectivity index (χ0n) is 14.4. The Kier molecular flexibility index (Phi) is 4.85. The Balaban J connectivity index is 1.82. The number of aryl methyl sites for hydroxylation is 2. The van der Waals surface area contributed by atoms with Crippen molar-refractivity contribution in [1.82, 2.24) is 14.5 Å². The van der Waals surface area contributed by atoms with Gasteiger partial charge in [0.25, 0.3) is 0 Å². The predicted molar refractivity (Wildman–Crippen MR) is 91.2 cm³/mol. The summed E-state index contributed by atoms with van der Waals surface area (Å²) >= 11 is 0. The molecule has 0 aliphatic carbocycles. The van der Waals surface area contributed by atoms with Crippen LogP contribution >= 0.6 is 0 Å². The maximum absolute atomic E-state index is 12.7. The van der Waals surface area contributed by atoms with E-state index in [1.807, 2.05) is 12.1 Å². The van der Waals surface area contributed by atoms with Crippen molar-refractivity contribution in [2.75, 3.05) is 13.2 Å². The van der Waals surface area contributed by atoms with Gasteiger partial charge in [-0.05, 0) is 37.6 Å². The third-order valence-electron chi connectivity index (χ3n) is 4.28. The van der Waals surface area contributed by atoms with E-state index in [4.69, 9.17) is 4.74 Å². The van der Waals surface area contributed by atoms with Gasteiger partial charge in [-0.25, -0.2) is 4.79 Å². The standard InChI is InChI=1S/C18H21N3O4/c1-12-7-13(2)21(18(24)19-12)10-17(23)20-5-6-25-16-4-3-14(11-22)8-15(16)9-20/h3-4,7-8,22H,5-6,9-11H2,1-2H3. The number of hydrogen-bond acceptors (Lipinski definition) is 5. The molecular weight excluding hydrogens is 322 g/mol. The Bertz CT molecular complexity index is 860. The molecule has 0 saturated heterocycles. The Labute approximate surface area is 145 Å². The van der Waals surface area contributed by atoms with Crippen LogP contribution < -0.4 is 10.4 Å². The van der Waals surface area contributed by atoms with Gasteiger partial charge in [0.05, 0.1) is 13.2 Å². The number of rotatable bonds is 3. The molecule has 7 nitrogen and oxygen atoms in total. The van der Waals surface area contributed by atoms with Gasteiger partial charge >= 0.3 is 5.69 Å². The van der Waals surface area contributed by atoms with Crippen molar-refractivity contribution in [2.45, 2.75) is 33.5 Å². The molecule has 1 aliphatic heterocycles. The molecule has 132 valence electrons. The van der Waals surface area contributed by atoms with Crippen molar-refractivity contribution in [1.29, 1.82) is 0 Å². The Morgan fingerprint density at radius 2 is 2.12 bits per heavy atom. The quantitative estimate of drug-likeness (QED) is 0.890. The van der Waals surface area contributed by atoms with Gasteiger partial charge in [0.2, 0.25) is 5.91 Å². The van der Waals surface area contributed by atoms with Crippen molar-refractivity contribution in [2.24, 2.45) is 0 Å². The van der Waals surface area contributed by atoms with Crippen molar-refractivity contribution in [3.8, 4) is 5.75 Å². The SMILES string of the molecule is Cc1cc(C)n(CC(=O)N2CCOc3ccc(CO)cc3C2)c(=O)n1. The largest absolute Gasteiger partial charge is 0.491 e. The summed E-state index contributed by atoms with van der Waals surface area (Å²) in [6.07, 6.45) is 0. The van der Waals surface area contributed by atoms with E-state index < -0.39 is 5.69 Å². The van der Waals surface area contributed by atoms with Gasteiger partial charge in [-0.2, -0.15) is 4.98 Å². The summed E-state index contributed by atoms with van der Waals surface area (Å²) in [6.45, 7) is 4.64. The topological polar surface area (TPSA) is 84.7 Å². The first-order valence-corrected chi connectivity index (χ1v) is 8.16. The number of aliphatic hydroxyl groups is 1. The highest BCUT2D eigenvalue weighted by molar-refractivity contribution is 5.76. The van der Waals surface area contributed by atoms with Gasteiger partial charge in [0, 0.05) is 23.5 Å². The second-order valence-electron chi connectivity index (χ2n) is 6.17. The summed E-state index contributed by atoms with van der Waals surface area (Å²) < 4.78 is 7.07. The van der Waals surface area contributed by atoms with Gasteiger partial charge in [-0.1, -0.05) is 6.07 Å². The highest BCUT2D eigenvalue weighted by atomic mass is 16.5. The van der Waals surface area contributed by atoms with Gasteiger partial charge in [0.1, 0.15) is 18.9 Å². The minimum absolute atomic E-state index is 0.0486. The van der Waals surface area contributed by atoms with E-state index in [-0.39, 0.29) is 19.1 Å². The molecule has 0 spiro atoms. The molecule has 0 unspecified atom stereocenters. The molecule has 1 aliphatic rings. The van der Waals surface area contributed by atoms with Crippen LogP contribution in [0.3, 0.4) is 0 Å². The first-order valence-electron chi connectivity index (χ1n) is 8.16. The van der Waals surface area contributed by atoms with Crippen molar-refractivity contribution in [3.63, 3.8) is 0 Å². The summed E-state index contributed by atoms with van der Waals surface area (Å²) in [7, 11) is 0. The molecule has 1 aromatic carbocycles. The third-order valence-corrected chi connectivity index (χ3v) is 4.28. The number of hydrogen-bond donors (Lipinski definition) is 1. The predicted octanol–water partition coefficient (Wildman–Crippen LogP) is 0.774. The molecule has 0 atom stereocenters. The first kappa shape index (κ1) is 17.2. The zero-order valence-corrected chi connectivity index (χ0v) is 14.4. The van der Waals surface area contributed by atoms with Crippen LogP contribution in [0.25, 0.3) is 0 Å². The van der Waals surface area contributed by atoms with E-state index in [1.165, 1.54) is 4.57 Å². The van der Waals surface area contributed by atoms with Crippen LogP contribution in [0.4, 0.5) is 0 Å². The number of aromatic nitrogens is 2. The van der Waals surface area contributed by atoms with Crippen LogP contribution in [-0.4, -0.2) is 38.6 Å². The number of ether oxygens (including phenoxy) is 1.